The summed E-state index contributed by atoms with van der Waals surface area (Å²) in [5.74, 6) is -0.909. The molecule has 1 N–H and O–H groups in total. The number of carboxylic acid groups (broad SMARTS) is 1. The molecule has 1 heterocycles. The van der Waals surface area contributed by atoms with Gasteiger partial charge in [-0.15, -0.1) is 0 Å². The first-order valence-electron chi connectivity index (χ1n) is 5.25. The number of carboxylic acids is 1. The van der Waals surface area contributed by atoms with E-state index in [0.29, 0.717) is 17.7 Å². The molecule has 1 aromatic carbocycles. The van der Waals surface area contributed by atoms with Crippen LogP contribution in [0.5, 0.6) is 0 Å². The summed E-state index contributed by atoms with van der Waals surface area (Å²) in [7, 11) is 0. The third kappa shape index (κ3) is 1.76. The van der Waals surface area contributed by atoms with Crippen LogP contribution >= 0.6 is 0 Å². The zero-order valence-electron chi connectivity index (χ0n) is 9.32. The molecule has 3 heteroatoms. The molecule has 0 aliphatic rings. The number of pyridine rings is 1. The Balaban J connectivity index is 2.75. The number of aromatic nitrogens is 1. The third-order valence-corrected chi connectivity index (χ3v) is 2.61. The predicted octanol–water partition coefficient (Wildman–Crippen LogP) is 2.80. The number of aromatic carboxylic acids is 1. The fourth-order valence-corrected chi connectivity index (χ4v) is 1.79. The van der Waals surface area contributed by atoms with Crippen LogP contribution in [-0.2, 0) is 6.42 Å². The number of hydrogen-bond acceptors (Lipinski definition) is 2. The second kappa shape index (κ2) is 3.93. The number of rotatable bonds is 2. The van der Waals surface area contributed by atoms with Crippen molar-refractivity contribution in [2.24, 2.45) is 0 Å². The molecule has 0 aliphatic heterocycles. The lowest BCUT2D eigenvalue weighted by atomic mass is 10.1. The maximum absolute atomic E-state index is 11.1. The lowest BCUT2D eigenvalue weighted by Crippen LogP contribution is -2.04. The quantitative estimate of drug-likeness (QED) is 0.838. The smallest absolute Gasteiger partial charge is 0.337 e. The molecule has 0 saturated carbocycles. The average Bonchev–Trinajstić information content (AvgIpc) is 2.27. The predicted molar refractivity (Wildman–Crippen MR) is 62.8 cm³/mol. The minimum absolute atomic E-state index is 0.306. The van der Waals surface area contributed by atoms with Gasteiger partial charge in [0, 0.05) is 5.39 Å². The number of carbonyl (C=O) groups is 1. The lowest BCUT2D eigenvalue weighted by molar-refractivity contribution is 0.0695. The van der Waals surface area contributed by atoms with Gasteiger partial charge in [0.05, 0.1) is 16.8 Å². The summed E-state index contributed by atoms with van der Waals surface area (Å²) in [5.41, 5.74) is 2.91. The van der Waals surface area contributed by atoms with E-state index in [4.69, 9.17) is 5.11 Å². The molecular formula is C13H13NO2. The summed E-state index contributed by atoms with van der Waals surface area (Å²) in [6.07, 6.45) is 0.630. The second-order valence-electron chi connectivity index (χ2n) is 3.84. The van der Waals surface area contributed by atoms with Gasteiger partial charge >= 0.3 is 5.97 Å². The highest BCUT2D eigenvalue weighted by atomic mass is 16.4. The maximum atomic E-state index is 11.1. The van der Waals surface area contributed by atoms with Crippen LogP contribution in [0.2, 0.25) is 0 Å². The SMILES string of the molecule is CCc1nc2ccc(C)cc2cc1C(=O)O. The summed E-state index contributed by atoms with van der Waals surface area (Å²) < 4.78 is 0. The molecule has 0 aliphatic carbocycles. The molecule has 0 bridgehead atoms. The standard InChI is InChI=1S/C13H13NO2/c1-3-11-10(13(15)16)7-9-6-8(2)4-5-12(9)14-11/h4-7H,3H2,1-2H3,(H,15,16). The zero-order chi connectivity index (χ0) is 11.7. The first-order valence-corrected chi connectivity index (χ1v) is 5.25. The van der Waals surface area contributed by atoms with E-state index < -0.39 is 5.97 Å². The first-order chi connectivity index (χ1) is 7.61. The largest absolute Gasteiger partial charge is 0.478 e. The van der Waals surface area contributed by atoms with Gasteiger partial charge in [-0.05, 0) is 31.5 Å². The summed E-state index contributed by atoms with van der Waals surface area (Å²) in [6.45, 7) is 3.89. The molecule has 0 spiro atoms. The first kappa shape index (κ1) is 10.6. The molecule has 0 atom stereocenters. The van der Waals surface area contributed by atoms with E-state index >= 15 is 0 Å². The van der Waals surface area contributed by atoms with E-state index in [-0.39, 0.29) is 0 Å². The van der Waals surface area contributed by atoms with Gasteiger partial charge in [0.15, 0.2) is 0 Å². The molecular weight excluding hydrogens is 202 g/mol. The van der Waals surface area contributed by atoms with Crippen molar-refractivity contribution in [3.05, 3.63) is 41.1 Å². The molecule has 1 aromatic heterocycles. The molecule has 0 saturated heterocycles. The lowest BCUT2D eigenvalue weighted by Gasteiger charge is -2.06. The van der Waals surface area contributed by atoms with E-state index in [9.17, 15) is 4.79 Å². The highest BCUT2D eigenvalue weighted by molar-refractivity contribution is 5.94. The fraction of sp³-hybridized carbons (Fsp3) is 0.231. The minimum Gasteiger partial charge on any atom is -0.478 e. The number of nitrogens with zero attached hydrogens (tertiary/aromatic N) is 1. The van der Waals surface area contributed by atoms with Gasteiger partial charge < -0.3 is 5.11 Å². The van der Waals surface area contributed by atoms with Crippen molar-refractivity contribution in [2.75, 3.05) is 0 Å². The number of benzene rings is 1. The average molecular weight is 215 g/mol. The summed E-state index contributed by atoms with van der Waals surface area (Å²) in [5, 5.41) is 9.97. The van der Waals surface area contributed by atoms with E-state index in [1.165, 1.54) is 0 Å². The maximum Gasteiger partial charge on any atom is 0.337 e. The molecule has 2 rings (SSSR count). The van der Waals surface area contributed by atoms with Crippen LogP contribution in [0.3, 0.4) is 0 Å². The molecule has 2 aromatic rings. The highest BCUT2D eigenvalue weighted by Crippen LogP contribution is 2.18. The van der Waals surface area contributed by atoms with Crippen LogP contribution in [0.4, 0.5) is 0 Å². The highest BCUT2D eigenvalue weighted by Gasteiger charge is 2.11. The normalized spacial score (nSPS) is 10.6. The van der Waals surface area contributed by atoms with E-state index in [2.05, 4.69) is 4.98 Å². The fourth-order valence-electron chi connectivity index (χ4n) is 1.79. The molecule has 16 heavy (non-hydrogen) atoms. The molecule has 3 nitrogen and oxygen atoms in total. The van der Waals surface area contributed by atoms with Gasteiger partial charge in [0.2, 0.25) is 0 Å². The monoisotopic (exact) mass is 215 g/mol. The van der Waals surface area contributed by atoms with Crippen molar-refractivity contribution in [3.8, 4) is 0 Å². The topological polar surface area (TPSA) is 50.2 Å². The number of hydrogen-bond donors (Lipinski definition) is 1. The number of fused-ring (bicyclic) bond motifs is 1. The van der Waals surface area contributed by atoms with Gasteiger partial charge in [-0.3, -0.25) is 4.98 Å². The second-order valence-corrected chi connectivity index (χ2v) is 3.84. The van der Waals surface area contributed by atoms with Crippen LogP contribution in [0.1, 0.15) is 28.5 Å². The summed E-state index contributed by atoms with van der Waals surface area (Å²) in [4.78, 5) is 15.4. The van der Waals surface area contributed by atoms with Gasteiger partial charge in [-0.1, -0.05) is 18.6 Å². The van der Waals surface area contributed by atoms with Gasteiger partial charge in [-0.25, -0.2) is 4.79 Å². The minimum atomic E-state index is -0.909. The summed E-state index contributed by atoms with van der Waals surface area (Å²) >= 11 is 0. The molecule has 0 amide bonds. The van der Waals surface area contributed by atoms with Gasteiger partial charge in [0.25, 0.3) is 0 Å². The molecule has 0 fully saturated rings. The van der Waals surface area contributed by atoms with Crippen LogP contribution < -0.4 is 0 Å². The van der Waals surface area contributed by atoms with Crippen molar-refractivity contribution >= 4 is 16.9 Å². The third-order valence-electron chi connectivity index (χ3n) is 2.61. The van der Waals surface area contributed by atoms with Crippen molar-refractivity contribution in [1.29, 1.82) is 0 Å². The number of aryl methyl sites for hydroxylation is 2. The Bertz CT molecular complexity index is 561. The Morgan fingerprint density at radius 2 is 2.12 bits per heavy atom. The van der Waals surface area contributed by atoms with Gasteiger partial charge in [-0.2, -0.15) is 0 Å². The molecule has 0 radical (unpaired) electrons. The Labute approximate surface area is 93.7 Å². The van der Waals surface area contributed by atoms with E-state index in [1.807, 2.05) is 32.0 Å². The van der Waals surface area contributed by atoms with E-state index in [1.54, 1.807) is 6.07 Å². The van der Waals surface area contributed by atoms with Crippen LogP contribution in [0.15, 0.2) is 24.3 Å². The molecule has 0 unspecified atom stereocenters. The van der Waals surface area contributed by atoms with Crippen molar-refractivity contribution in [1.82, 2.24) is 4.98 Å². The zero-order valence-corrected chi connectivity index (χ0v) is 9.32. The van der Waals surface area contributed by atoms with E-state index in [0.717, 1.165) is 16.5 Å². The van der Waals surface area contributed by atoms with Crippen LogP contribution in [-0.4, -0.2) is 16.1 Å². The molecule has 82 valence electrons. The van der Waals surface area contributed by atoms with Crippen LogP contribution in [0.25, 0.3) is 10.9 Å². The Hall–Kier alpha value is -1.90. The summed E-state index contributed by atoms with van der Waals surface area (Å²) in [6, 6.07) is 7.56. The Kier molecular flexibility index (Phi) is 2.60. The Morgan fingerprint density at radius 3 is 2.75 bits per heavy atom. The van der Waals surface area contributed by atoms with Crippen molar-refractivity contribution in [2.45, 2.75) is 20.3 Å². The Morgan fingerprint density at radius 1 is 1.38 bits per heavy atom. The van der Waals surface area contributed by atoms with Crippen molar-refractivity contribution < 1.29 is 9.90 Å². The van der Waals surface area contributed by atoms with Crippen molar-refractivity contribution in [3.63, 3.8) is 0 Å². The van der Waals surface area contributed by atoms with Crippen LogP contribution in [0, 0.1) is 6.92 Å². The van der Waals surface area contributed by atoms with Gasteiger partial charge in [0.1, 0.15) is 0 Å².